The fourth-order valence-corrected chi connectivity index (χ4v) is 3.01. The maximum absolute atomic E-state index is 12.9. The van der Waals surface area contributed by atoms with Crippen molar-refractivity contribution in [1.29, 1.82) is 0 Å². The molecule has 1 aromatic rings. The Morgan fingerprint density at radius 2 is 2.08 bits per heavy atom. The van der Waals surface area contributed by atoms with Crippen LogP contribution in [0.4, 0.5) is 5.69 Å². The highest BCUT2D eigenvalue weighted by Crippen LogP contribution is 2.19. The Balaban J connectivity index is 2.12. The van der Waals surface area contributed by atoms with Crippen molar-refractivity contribution in [1.82, 2.24) is 9.80 Å². The number of benzene rings is 1. The number of nitrogens with zero attached hydrogens (tertiary/aromatic N) is 2. The van der Waals surface area contributed by atoms with E-state index in [0.717, 1.165) is 6.54 Å². The molecule has 6 nitrogen and oxygen atoms in total. The van der Waals surface area contributed by atoms with Crippen molar-refractivity contribution in [3.63, 3.8) is 0 Å². The molecule has 24 heavy (non-hydrogen) atoms. The van der Waals surface area contributed by atoms with E-state index in [1.54, 1.807) is 24.3 Å². The van der Waals surface area contributed by atoms with Gasteiger partial charge in [-0.2, -0.15) is 0 Å². The zero-order chi connectivity index (χ0) is 17.7. The molecule has 0 bridgehead atoms. The number of amides is 2. The molecule has 1 aromatic carbocycles. The van der Waals surface area contributed by atoms with E-state index in [0.29, 0.717) is 24.3 Å². The summed E-state index contributed by atoms with van der Waals surface area (Å²) in [5.74, 6) is -0.355. The van der Waals surface area contributed by atoms with Crippen LogP contribution in [0.5, 0.6) is 0 Å². The number of carbonyl (C=O) groups is 2. The fourth-order valence-electron chi connectivity index (χ4n) is 3.01. The molecule has 2 atom stereocenters. The van der Waals surface area contributed by atoms with Gasteiger partial charge in [0, 0.05) is 43.0 Å². The van der Waals surface area contributed by atoms with Crippen molar-refractivity contribution in [2.24, 2.45) is 0 Å². The summed E-state index contributed by atoms with van der Waals surface area (Å²) in [4.78, 5) is 28.3. The maximum Gasteiger partial charge on any atom is 0.254 e. The Labute approximate surface area is 142 Å². The van der Waals surface area contributed by atoms with Gasteiger partial charge in [0.1, 0.15) is 0 Å². The number of rotatable bonds is 5. The van der Waals surface area contributed by atoms with Gasteiger partial charge in [0.25, 0.3) is 5.91 Å². The van der Waals surface area contributed by atoms with Crippen LogP contribution in [0.2, 0.25) is 0 Å². The van der Waals surface area contributed by atoms with E-state index < -0.39 is 0 Å². The van der Waals surface area contributed by atoms with Crippen LogP contribution in [-0.4, -0.2) is 65.0 Å². The van der Waals surface area contributed by atoms with Crippen molar-refractivity contribution in [3.8, 4) is 0 Å². The summed E-state index contributed by atoms with van der Waals surface area (Å²) in [6, 6.07) is 7.18. The number of aliphatic hydroxyl groups excluding tert-OH is 1. The van der Waals surface area contributed by atoms with Crippen LogP contribution >= 0.6 is 0 Å². The zero-order valence-electron chi connectivity index (χ0n) is 14.2. The topological polar surface area (TPSA) is 72.9 Å². The lowest BCUT2D eigenvalue weighted by atomic mass is 10.1. The molecule has 1 heterocycles. The molecule has 2 N–H and O–H groups in total. The summed E-state index contributed by atoms with van der Waals surface area (Å²) in [6.07, 6.45) is 1.19. The molecule has 0 unspecified atom stereocenters. The van der Waals surface area contributed by atoms with E-state index in [9.17, 15) is 9.59 Å². The van der Waals surface area contributed by atoms with Crippen LogP contribution in [-0.2, 0) is 4.79 Å². The van der Waals surface area contributed by atoms with Gasteiger partial charge in [0.05, 0.1) is 6.61 Å². The molecule has 130 valence electrons. The third-order valence-corrected chi connectivity index (χ3v) is 4.33. The standard InChI is InChI=1S/C18H25N3O3/c1-4-17(23)19-16-7-5-6-15(10-16)18(24)21-12-13(2)20(8-9-22)11-14(21)3/h4-7,10,13-14,22H,1,8-9,11-12H2,2-3H3,(H,19,23)/t13-,14+/m1/s1. The first-order valence-electron chi connectivity index (χ1n) is 8.15. The number of carbonyl (C=O) groups excluding carboxylic acids is 2. The number of piperazine rings is 1. The van der Waals surface area contributed by atoms with Gasteiger partial charge in [0.2, 0.25) is 5.91 Å². The van der Waals surface area contributed by atoms with Gasteiger partial charge in [-0.05, 0) is 38.1 Å². The van der Waals surface area contributed by atoms with Gasteiger partial charge >= 0.3 is 0 Å². The quantitative estimate of drug-likeness (QED) is 0.799. The molecule has 1 fully saturated rings. The van der Waals surface area contributed by atoms with Gasteiger partial charge in [-0.25, -0.2) is 0 Å². The Morgan fingerprint density at radius 1 is 1.33 bits per heavy atom. The molecule has 1 aliphatic heterocycles. The molecule has 6 heteroatoms. The number of β-amino-alcohol motifs (C(OH)–C–C–N with tert-alkyl or cyclic N) is 1. The zero-order valence-corrected chi connectivity index (χ0v) is 14.2. The van der Waals surface area contributed by atoms with E-state index in [1.165, 1.54) is 6.08 Å². The monoisotopic (exact) mass is 331 g/mol. The number of hydrogen-bond acceptors (Lipinski definition) is 4. The average molecular weight is 331 g/mol. The highest BCUT2D eigenvalue weighted by Gasteiger charge is 2.32. The van der Waals surface area contributed by atoms with Crippen molar-refractivity contribution < 1.29 is 14.7 Å². The van der Waals surface area contributed by atoms with Crippen LogP contribution in [0.1, 0.15) is 24.2 Å². The smallest absolute Gasteiger partial charge is 0.254 e. The molecular weight excluding hydrogens is 306 g/mol. The minimum absolute atomic E-state index is 0.0484. The van der Waals surface area contributed by atoms with E-state index in [4.69, 9.17) is 5.11 Å². The molecule has 0 spiro atoms. The lowest BCUT2D eigenvalue weighted by Crippen LogP contribution is -2.58. The third kappa shape index (κ3) is 4.21. The van der Waals surface area contributed by atoms with Gasteiger partial charge in [-0.3, -0.25) is 14.5 Å². The highest BCUT2D eigenvalue weighted by atomic mass is 16.3. The van der Waals surface area contributed by atoms with Crippen LogP contribution in [0.15, 0.2) is 36.9 Å². The minimum Gasteiger partial charge on any atom is -0.395 e. The molecule has 0 aromatic heterocycles. The Bertz CT molecular complexity index is 617. The summed E-state index contributed by atoms with van der Waals surface area (Å²) in [6.45, 7) is 9.58. The molecule has 0 saturated carbocycles. The Morgan fingerprint density at radius 3 is 2.75 bits per heavy atom. The average Bonchev–Trinajstić information content (AvgIpc) is 2.57. The van der Waals surface area contributed by atoms with Crippen molar-refractivity contribution in [3.05, 3.63) is 42.5 Å². The SMILES string of the molecule is C=CC(=O)Nc1cccc(C(=O)N2C[C@@H](C)N(CCO)C[C@@H]2C)c1. The van der Waals surface area contributed by atoms with Crippen molar-refractivity contribution in [2.75, 3.05) is 31.6 Å². The van der Waals surface area contributed by atoms with Crippen LogP contribution in [0, 0.1) is 0 Å². The summed E-state index contributed by atoms with van der Waals surface area (Å²) in [5, 5.41) is 11.8. The first kappa shape index (κ1) is 18.2. The van der Waals surface area contributed by atoms with Gasteiger partial charge in [0.15, 0.2) is 0 Å². The summed E-state index contributed by atoms with van der Waals surface area (Å²) >= 11 is 0. The van der Waals surface area contributed by atoms with Crippen molar-refractivity contribution in [2.45, 2.75) is 25.9 Å². The first-order valence-corrected chi connectivity index (χ1v) is 8.15. The second kappa shape index (κ2) is 8.08. The van der Waals surface area contributed by atoms with Crippen LogP contribution < -0.4 is 5.32 Å². The van der Waals surface area contributed by atoms with Crippen LogP contribution in [0.25, 0.3) is 0 Å². The summed E-state index contributed by atoms with van der Waals surface area (Å²) in [7, 11) is 0. The molecule has 0 radical (unpaired) electrons. The van der Waals surface area contributed by atoms with E-state index >= 15 is 0 Å². The lowest BCUT2D eigenvalue weighted by Gasteiger charge is -2.44. The van der Waals surface area contributed by atoms with E-state index in [1.807, 2.05) is 11.8 Å². The molecule has 2 amide bonds. The summed E-state index contributed by atoms with van der Waals surface area (Å²) < 4.78 is 0. The number of nitrogens with one attached hydrogen (secondary N) is 1. The lowest BCUT2D eigenvalue weighted by molar-refractivity contribution is -0.111. The predicted molar refractivity (Wildman–Crippen MR) is 93.9 cm³/mol. The molecule has 0 aliphatic carbocycles. The predicted octanol–water partition coefficient (Wildman–Crippen LogP) is 1.34. The number of anilines is 1. The van der Waals surface area contributed by atoms with Crippen molar-refractivity contribution >= 4 is 17.5 Å². The normalized spacial score (nSPS) is 21.4. The molecule has 2 rings (SSSR count). The van der Waals surface area contributed by atoms with E-state index in [-0.39, 0.29) is 30.5 Å². The number of aliphatic hydroxyl groups is 1. The molecule has 1 aliphatic rings. The minimum atomic E-state index is -0.306. The first-order chi connectivity index (χ1) is 11.5. The summed E-state index contributed by atoms with van der Waals surface area (Å²) in [5.41, 5.74) is 1.12. The molecular formula is C18H25N3O3. The highest BCUT2D eigenvalue weighted by molar-refractivity contribution is 6.00. The maximum atomic E-state index is 12.9. The van der Waals surface area contributed by atoms with Gasteiger partial charge < -0.3 is 15.3 Å². The van der Waals surface area contributed by atoms with Gasteiger partial charge in [-0.1, -0.05) is 12.6 Å². The third-order valence-electron chi connectivity index (χ3n) is 4.33. The Hall–Kier alpha value is -2.18. The fraction of sp³-hybridized carbons (Fsp3) is 0.444. The van der Waals surface area contributed by atoms with E-state index in [2.05, 4.69) is 23.7 Å². The molecule has 1 saturated heterocycles. The second-order valence-corrected chi connectivity index (χ2v) is 6.15. The largest absolute Gasteiger partial charge is 0.395 e. The number of hydrogen-bond donors (Lipinski definition) is 2. The van der Waals surface area contributed by atoms with Gasteiger partial charge in [-0.15, -0.1) is 0 Å². The Kier molecular flexibility index (Phi) is 6.11. The van der Waals surface area contributed by atoms with Crippen LogP contribution in [0.3, 0.4) is 0 Å². The second-order valence-electron chi connectivity index (χ2n) is 6.15.